The summed E-state index contributed by atoms with van der Waals surface area (Å²) in [5.74, 6) is -0.985. The Bertz CT molecular complexity index is 1190. The summed E-state index contributed by atoms with van der Waals surface area (Å²) in [5, 5.41) is 0. The van der Waals surface area contributed by atoms with E-state index < -0.39 is 17.9 Å². The molecule has 2 aromatic carbocycles. The van der Waals surface area contributed by atoms with Crippen LogP contribution in [0.25, 0.3) is 0 Å². The molecule has 1 atom stereocenters. The van der Waals surface area contributed by atoms with Crippen LogP contribution < -0.4 is 9.64 Å². The molecule has 8 heteroatoms. The molecule has 0 aromatic heterocycles. The van der Waals surface area contributed by atoms with Gasteiger partial charge in [-0.2, -0.15) is 0 Å². The number of carbonyl (C=O) groups is 4. The van der Waals surface area contributed by atoms with Crippen molar-refractivity contribution in [2.24, 2.45) is 0 Å². The van der Waals surface area contributed by atoms with Gasteiger partial charge in [-0.25, -0.2) is 9.69 Å². The molecule has 3 amide bonds. The number of anilines is 1. The molecule has 1 heterocycles. The second-order valence-electron chi connectivity index (χ2n) is 9.14. The fraction of sp³-hybridized carbons (Fsp3) is 0.379. The van der Waals surface area contributed by atoms with Crippen LogP contribution in [0.15, 0.2) is 60.2 Å². The minimum atomic E-state index is -0.906. The summed E-state index contributed by atoms with van der Waals surface area (Å²) in [5.41, 5.74) is 2.40. The Morgan fingerprint density at radius 3 is 2.32 bits per heavy atom. The number of imide groups is 1. The van der Waals surface area contributed by atoms with Crippen LogP contribution >= 0.6 is 0 Å². The molecule has 4 rings (SSSR count). The van der Waals surface area contributed by atoms with E-state index in [-0.39, 0.29) is 24.8 Å². The average Bonchev–Trinajstić information content (AvgIpc) is 3.22. The van der Waals surface area contributed by atoms with E-state index in [1.807, 2.05) is 0 Å². The molecule has 1 aliphatic carbocycles. The molecule has 8 nitrogen and oxygen atoms in total. The van der Waals surface area contributed by atoms with E-state index in [1.54, 1.807) is 50.4 Å². The number of benzene rings is 2. The van der Waals surface area contributed by atoms with Crippen molar-refractivity contribution in [3.8, 4) is 5.75 Å². The summed E-state index contributed by atoms with van der Waals surface area (Å²) in [7, 11) is 1.55. The van der Waals surface area contributed by atoms with Gasteiger partial charge in [-0.15, -0.1) is 0 Å². The lowest BCUT2D eigenvalue weighted by Gasteiger charge is -2.28. The summed E-state index contributed by atoms with van der Waals surface area (Å²) < 4.78 is 10.2. The van der Waals surface area contributed by atoms with Gasteiger partial charge in [0.1, 0.15) is 11.8 Å². The molecule has 0 spiro atoms. The SMILES string of the molecule is CCOC(=O)c1ccc(N2C(=O)CC(N(CCC3=CCCCC3)C(=O)c3ccc(OC)cc3)C2=O)cc1. The number of methoxy groups -OCH3 is 1. The number of rotatable bonds is 9. The molecular weight excluding hydrogens is 472 g/mol. The van der Waals surface area contributed by atoms with Gasteiger partial charge in [0.25, 0.3) is 11.8 Å². The third-order valence-corrected chi connectivity index (χ3v) is 6.79. The minimum Gasteiger partial charge on any atom is -0.497 e. The zero-order chi connectivity index (χ0) is 26.4. The first-order chi connectivity index (χ1) is 17.9. The van der Waals surface area contributed by atoms with E-state index in [9.17, 15) is 19.2 Å². The van der Waals surface area contributed by atoms with Gasteiger partial charge in [0.05, 0.1) is 31.4 Å². The Balaban J connectivity index is 1.58. The maximum Gasteiger partial charge on any atom is 0.338 e. The van der Waals surface area contributed by atoms with Gasteiger partial charge in [-0.05, 0) is 87.6 Å². The highest BCUT2D eigenvalue weighted by Gasteiger charge is 2.44. The van der Waals surface area contributed by atoms with Gasteiger partial charge in [0.15, 0.2) is 0 Å². The van der Waals surface area contributed by atoms with Gasteiger partial charge in [0.2, 0.25) is 5.91 Å². The quantitative estimate of drug-likeness (QED) is 0.283. The van der Waals surface area contributed by atoms with Crippen molar-refractivity contribution in [2.75, 3.05) is 25.2 Å². The van der Waals surface area contributed by atoms with Crippen molar-refractivity contribution in [2.45, 2.75) is 51.5 Å². The number of ether oxygens (including phenoxy) is 2. The van der Waals surface area contributed by atoms with Crippen molar-refractivity contribution in [3.05, 3.63) is 71.3 Å². The Hall–Kier alpha value is -3.94. The highest BCUT2D eigenvalue weighted by Crippen LogP contribution is 2.29. The Morgan fingerprint density at radius 1 is 1.00 bits per heavy atom. The zero-order valence-electron chi connectivity index (χ0n) is 21.3. The molecule has 37 heavy (non-hydrogen) atoms. The summed E-state index contributed by atoms with van der Waals surface area (Å²) in [6.45, 7) is 2.31. The molecule has 0 bridgehead atoms. The maximum absolute atomic E-state index is 13.6. The molecule has 194 valence electrons. The Labute approximate surface area is 216 Å². The van der Waals surface area contributed by atoms with Crippen LogP contribution in [-0.2, 0) is 14.3 Å². The van der Waals surface area contributed by atoms with Gasteiger partial charge >= 0.3 is 5.97 Å². The number of amides is 3. The van der Waals surface area contributed by atoms with Crippen LogP contribution in [0.4, 0.5) is 5.69 Å². The molecule has 1 saturated heterocycles. The fourth-order valence-corrected chi connectivity index (χ4v) is 4.79. The number of esters is 1. The number of nitrogens with zero attached hydrogens (tertiary/aromatic N) is 2. The van der Waals surface area contributed by atoms with Crippen LogP contribution in [0, 0.1) is 0 Å². The summed E-state index contributed by atoms with van der Waals surface area (Å²) in [6, 6.07) is 12.0. The third kappa shape index (κ3) is 5.90. The normalized spacial score (nSPS) is 17.4. The Kier molecular flexibility index (Phi) is 8.38. The van der Waals surface area contributed by atoms with E-state index in [4.69, 9.17) is 9.47 Å². The fourth-order valence-electron chi connectivity index (χ4n) is 4.79. The van der Waals surface area contributed by atoms with Gasteiger partial charge in [-0.1, -0.05) is 11.6 Å². The molecule has 2 aromatic rings. The van der Waals surface area contributed by atoms with Gasteiger partial charge in [0, 0.05) is 12.1 Å². The molecule has 1 aliphatic heterocycles. The molecule has 2 aliphatic rings. The van der Waals surface area contributed by atoms with E-state index in [0.717, 1.165) is 30.6 Å². The van der Waals surface area contributed by atoms with Gasteiger partial charge < -0.3 is 14.4 Å². The van der Waals surface area contributed by atoms with Crippen LogP contribution in [0.1, 0.15) is 66.2 Å². The van der Waals surface area contributed by atoms with E-state index >= 15 is 0 Å². The third-order valence-electron chi connectivity index (χ3n) is 6.79. The average molecular weight is 505 g/mol. The van der Waals surface area contributed by atoms with Crippen LogP contribution in [0.3, 0.4) is 0 Å². The highest BCUT2D eigenvalue weighted by molar-refractivity contribution is 6.23. The molecule has 0 N–H and O–H groups in total. The molecule has 0 radical (unpaired) electrons. The first kappa shape index (κ1) is 26.1. The monoisotopic (exact) mass is 504 g/mol. The van der Waals surface area contributed by atoms with Crippen molar-refractivity contribution >= 4 is 29.4 Å². The minimum absolute atomic E-state index is 0.0978. The Morgan fingerprint density at radius 2 is 1.70 bits per heavy atom. The van der Waals surface area contributed by atoms with Crippen molar-refractivity contribution < 1.29 is 28.7 Å². The standard InChI is InChI=1S/C29H32N2O6/c1-3-37-29(35)22-9-13-23(14-10-22)31-26(32)19-25(28(31)34)30(18-17-20-7-5-4-6-8-20)27(33)21-11-15-24(36-2)16-12-21/h7,9-16,25H,3-6,8,17-19H2,1-2H3. The molecular formula is C29H32N2O6. The summed E-state index contributed by atoms with van der Waals surface area (Å²) >= 11 is 0. The predicted molar refractivity (Wildman–Crippen MR) is 138 cm³/mol. The van der Waals surface area contributed by atoms with E-state index in [2.05, 4.69) is 6.08 Å². The lowest BCUT2D eigenvalue weighted by atomic mass is 9.96. The van der Waals surface area contributed by atoms with Crippen molar-refractivity contribution in [3.63, 3.8) is 0 Å². The van der Waals surface area contributed by atoms with Crippen LogP contribution in [0.2, 0.25) is 0 Å². The summed E-state index contributed by atoms with van der Waals surface area (Å²) in [6.07, 6.45) is 7.08. The maximum atomic E-state index is 13.6. The van der Waals surface area contributed by atoms with Crippen molar-refractivity contribution in [1.29, 1.82) is 0 Å². The molecule has 0 saturated carbocycles. The van der Waals surface area contributed by atoms with E-state index in [1.165, 1.54) is 22.6 Å². The first-order valence-corrected chi connectivity index (χ1v) is 12.7. The number of carbonyl (C=O) groups excluding carboxylic acids is 4. The molecule has 1 unspecified atom stereocenters. The number of allylic oxidation sites excluding steroid dienone is 1. The van der Waals surface area contributed by atoms with Crippen LogP contribution in [0.5, 0.6) is 5.75 Å². The van der Waals surface area contributed by atoms with Crippen molar-refractivity contribution in [1.82, 2.24) is 4.90 Å². The second-order valence-corrected chi connectivity index (χ2v) is 9.14. The van der Waals surface area contributed by atoms with Crippen LogP contribution in [-0.4, -0.2) is 54.9 Å². The largest absolute Gasteiger partial charge is 0.497 e. The predicted octanol–water partition coefficient (Wildman–Crippen LogP) is 4.54. The van der Waals surface area contributed by atoms with E-state index in [0.29, 0.717) is 35.5 Å². The summed E-state index contributed by atoms with van der Waals surface area (Å²) in [4.78, 5) is 54.8. The van der Waals surface area contributed by atoms with Gasteiger partial charge in [-0.3, -0.25) is 14.4 Å². The smallest absolute Gasteiger partial charge is 0.338 e. The zero-order valence-corrected chi connectivity index (χ0v) is 21.3. The lowest BCUT2D eigenvalue weighted by molar-refractivity contribution is -0.122. The second kappa shape index (κ2) is 11.9. The topological polar surface area (TPSA) is 93.2 Å². The first-order valence-electron chi connectivity index (χ1n) is 12.7. The lowest BCUT2D eigenvalue weighted by Crippen LogP contribution is -2.46. The molecule has 1 fully saturated rings. The highest BCUT2D eigenvalue weighted by atomic mass is 16.5. The number of hydrogen-bond acceptors (Lipinski definition) is 6. The number of hydrogen-bond donors (Lipinski definition) is 0.